The second-order valence-electron chi connectivity index (χ2n) is 6.79. The lowest BCUT2D eigenvalue weighted by molar-refractivity contribution is -0.118. The summed E-state index contributed by atoms with van der Waals surface area (Å²) in [6.07, 6.45) is 0.183. The highest BCUT2D eigenvalue weighted by molar-refractivity contribution is 6.35. The molecule has 0 fully saturated rings. The van der Waals surface area contributed by atoms with E-state index < -0.39 is 5.97 Å². The van der Waals surface area contributed by atoms with Gasteiger partial charge >= 0.3 is 5.97 Å². The Balaban J connectivity index is 1.90. The van der Waals surface area contributed by atoms with Gasteiger partial charge in [0.2, 0.25) is 5.91 Å². The molecule has 3 aromatic rings. The van der Waals surface area contributed by atoms with Crippen molar-refractivity contribution in [3.8, 4) is 0 Å². The van der Waals surface area contributed by atoms with Gasteiger partial charge in [-0.15, -0.1) is 0 Å². The lowest BCUT2D eigenvalue weighted by Gasteiger charge is -2.24. The van der Waals surface area contributed by atoms with E-state index in [4.69, 9.17) is 39.5 Å². The van der Waals surface area contributed by atoms with Gasteiger partial charge in [-0.3, -0.25) is 4.79 Å². The van der Waals surface area contributed by atoms with Gasteiger partial charge in [0.25, 0.3) is 0 Å². The zero-order chi connectivity index (χ0) is 22.4. The number of nitrogens with zero attached hydrogens (tertiary/aromatic N) is 1. The summed E-state index contributed by atoms with van der Waals surface area (Å²) in [5, 5.41) is 1.60. The SMILES string of the molecule is CCOC(=O)c1ccc(N(Cc2ccc(Cl)cc2Cl)C(=O)Cc2ccc(Cl)cc2)cc1. The van der Waals surface area contributed by atoms with E-state index in [-0.39, 0.29) is 18.9 Å². The lowest BCUT2D eigenvalue weighted by atomic mass is 10.1. The Kier molecular flexibility index (Phi) is 7.97. The molecule has 0 saturated carbocycles. The Morgan fingerprint density at radius 2 is 1.52 bits per heavy atom. The van der Waals surface area contributed by atoms with Crippen molar-refractivity contribution in [1.82, 2.24) is 0 Å². The van der Waals surface area contributed by atoms with E-state index in [0.29, 0.717) is 32.9 Å². The summed E-state index contributed by atoms with van der Waals surface area (Å²) in [5.74, 6) is -0.536. The molecule has 0 aliphatic carbocycles. The highest BCUT2D eigenvalue weighted by atomic mass is 35.5. The number of carbonyl (C=O) groups is 2. The molecule has 3 aromatic carbocycles. The lowest BCUT2D eigenvalue weighted by Crippen LogP contribution is -2.32. The molecular formula is C24H20Cl3NO3. The molecule has 0 radical (unpaired) electrons. The van der Waals surface area contributed by atoms with Crippen molar-refractivity contribution in [2.75, 3.05) is 11.5 Å². The third kappa shape index (κ3) is 6.23. The van der Waals surface area contributed by atoms with E-state index in [1.807, 2.05) is 12.1 Å². The summed E-state index contributed by atoms with van der Waals surface area (Å²) in [7, 11) is 0. The van der Waals surface area contributed by atoms with Gasteiger partial charge in [-0.05, 0) is 66.6 Å². The maximum Gasteiger partial charge on any atom is 0.338 e. The van der Waals surface area contributed by atoms with Crippen molar-refractivity contribution >= 4 is 52.4 Å². The average Bonchev–Trinajstić information content (AvgIpc) is 2.75. The zero-order valence-corrected chi connectivity index (χ0v) is 19.0. The number of rotatable bonds is 7. The predicted octanol–water partition coefficient (Wildman–Crippen LogP) is 6.60. The summed E-state index contributed by atoms with van der Waals surface area (Å²) in [5.41, 5.74) is 2.65. The van der Waals surface area contributed by atoms with Crippen molar-refractivity contribution < 1.29 is 14.3 Å². The van der Waals surface area contributed by atoms with Crippen LogP contribution in [0, 0.1) is 0 Å². The highest BCUT2D eigenvalue weighted by Crippen LogP contribution is 2.26. The Labute approximate surface area is 196 Å². The second-order valence-corrected chi connectivity index (χ2v) is 8.07. The number of anilines is 1. The Morgan fingerprint density at radius 1 is 0.871 bits per heavy atom. The smallest absolute Gasteiger partial charge is 0.338 e. The van der Waals surface area contributed by atoms with Crippen LogP contribution in [0.4, 0.5) is 5.69 Å². The standard InChI is InChI=1S/C24H20Cl3NO3/c1-2-31-24(30)17-6-11-21(12-7-17)28(15-18-5-10-20(26)14-22(18)27)23(29)13-16-3-8-19(25)9-4-16/h3-12,14H,2,13,15H2,1H3. The monoisotopic (exact) mass is 475 g/mol. The fourth-order valence-corrected chi connectivity index (χ4v) is 3.60. The molecule has 0 aromatic heterocycles. The number of amides is 1. The molecule has 4 nitrogen and oxygen atoms in total. The molecular weight excluding hydrogens is 457 g/mol. The van der Waals surface area contributed by atoms with Crippen molar-refractivity contribution in [2.45, 2.75) is 19.9 Å². The molecule has 0 aliphatic heterocycles. The molecule has 7 heteroatoms. The van der Waals surface area contributed by atoms with Crippen LogP contribution in [0.2, 0.25) is 15.1 Å². The molecule has 0 unspecified atom stereocenters. The van der Waals surface area contributed by atoms with Gasteiger partial charge < -0.3 is 9.64 Å². The molecule has 31 heavy (non-hydrogen) atoms. The highest BCUT2D eigenvalue weighted by Gasteiger charge is 2.19. The molecule has 0 aliphatic rings. The summed E-state index contributed by atoms with van der Waals surface area (Å²) in [6.45, 7) is 2.29. The molecule has 0 bridgehead atoms. The van der Waals surface area contributed by atoms with E-state index in [9.17, 15) is 9.59 Å². The molecule has 0 atom stereocenters. The minimum Gasteiger partial charge on any atom is -0.462 e. The third-order valence-electron chi connectivity index (χ3n) is 4.60. The van der Waals surface area contributed by atoms with E-state index in [2.05, 4.69) is 0 Å². The quantitative estimate of drug-likeness (QED) is 0.361. The molecule has 0 saturated heterocycles. The number of hydrogen-bond acceptors (Lipinski definition) is 3. The number of benzene rings is 3. The summed E-state index contributed by atoms with van der Waals surface area (Å²) in [6, 6.07) is 19.0. The van der Waals surface area contributed by atoms with Crippen LogP contribution in [0.5, 0.6) is 0 Å². The minimum atomic E-state index is -0.408. The van der Waals surface area contributed by atoms with Gasteiger partial charge in [0, 0.05) is 20.8 Å². The minimum absolute atomic E-state index is 0.128. The fraction of sp³-hybridized carbons (Fsp3) is 0.167. The van der Waals surface area contributed by atoms with Crippen molar-refractivity contribution in [2.24, 2.45) is 0 Å². The average molecular weight is 477 g/mol. The van der Waals surface area contributed by atoms with E-state index in [1.165, 1.54) is 0 Å². The first-order chi connectivity index (χ1) is 14.9. The van der Waals surface area contributed by atoms with Crippen LogP contribution in [-0.4, -0.2) is 18.5 Å². The Bertz CT molecular complexity index is 1070. The molecule has 0 N–H and O–H groups in total. The molecule has 0 heterocycles. The van der Waals surface area contributed by atoms with Crippen LogP contribution >= 0.6 is 34.8 Å². The van der Waals surface area contributed by atoms with Gasteiger partial charge in [-0.1, -0.05) is 53.0 Å². The van der Waals surface area contributed by atoms with E-state index in [1.54, 1.807) is 66.4 Å². The van der Waals surface area contributed by atoms with Crippen LogP contribution in [0.15, 0.2) is 66.7 Å². The van der Waals surface area contributed by atoms with Gasteiger partial charge in [0.15, 0.2) is 0 Å². The topological polar surface area (TPSA) is 46.6 Å². The zero-order valence-electron chi connectivity index (χ0n) is 16.8. The van der Waals surface area contributed by atoms with Crippen LogP contribution in [-0.2, 0) is 22.5 Å². The number of carbonyl (C=O) groups excluding carboxylic acids is 2. The normalized spacial score (nSPS) is 10.6. The van der Waals surface area contributed by atoms with Gasteiger partial charge in [0.1, 0.15) is 0 Å². The Hall–Kier alpha value is -2.53. The third-order valence-corrected chi connectivity index (χ3v) is 5.44. The number of halogens is 3. The summed E-state index contributed by atoms with van der Waals surface area (Å²) < 4.78 is 5.03. The maximum absolute atomic E-state index is 13.2. The molecule has 1 amide bonds. The summed E-state index contributed by atoms with van der Waals surface area (Å²) >= 11 is 18.3. The fourth-order valence-electron chi connectivity index (χ4n) is 3.01. The molecule has 160 valence electrons. The largest absolute Gasteiger partial charge is 0.462 e. The van der Waals surface area contributed by atoms with Crippen LogP contribution in [0.1, 0.15) is 28.4 Å². The van der Waals surface area contributed by atoms with E-state index >= 15 is 0 Å². The Morgan fingerprint density at radius 3 is 2.13 bits per heavy atom. The first kappa shape index (κ1) is 23.1. The van der Waals surface area contributed by atoms with Crippen molar-refractivity contribution in [3.05, 3.63) is 98.5 Å². The van der Waals surface area contributed by atoms with Gasteiger partial charge in [-0.25, -0.2) is 4.79 Å². The second kappa shape index (κ2) is 10.7. The number of ether oxygens (including phenoxy) is 1. The predicted molar refractivity (Wildman–Crippen MR) is 125 cm³/mol. The van der Waals surface area contributed by atoms with Crippen LogP contribution in [0.25, 0.3) is 0 Å². The summed E-state index contributed by atoms with van der Waals surface area (Å²) in [4.78, 5) is 26.8. The molecule has 0 spiro atoms. The van der Waals surface area contributed by atoms with Gasteiger partial charge in [0.05, 0.1) is 25.1 Å². The number of esters is 1. The van der Waals surface area contributed by atoms with E-state index in [0.717, 1.165) is 11.1 Å². The first-order valence-corrected chi connectivity index (χ1v) is 10.8. The van der Waals surface area contributed by atoms with Crippen molar-refractivity contribution in [3.63, 3.8) is 0 Å². The van der Waals surface area contributed by atoms with Gasteiger partial charge in [-0.2, -0.15) is 0 Å². The molecule has 3 rings (SSSR count). The first-order valence-electron chi connectivity index (χ1n) is 9.63. The number of hydrogen-bond donors (Lipinski definition) is 0. The van der Waals surface area contributed by atoms with Crippen molar-refractivity contribution in [1.29, 1.82) is 0 Å². The van der Waals surface area contributed by atoms with Crippen LogP contribution < -0.4 is 4.90 Å². The van der Waals surface area contributed by atoms with Crippen LogP contribution in [0.3, 0.4) is 0 Å². The maximum atomic E-state index is 13.2.